The maximum atomic E-state index is 11.8. The Bertz CT molecular complexity index is 299. The summed E-state index contributed by atoms with van der Waals surface area (Å²) < 4.78 is 5.19. The van der Waals surface area contributed by atoms with E-state index < -0.39 is 0 Å². The van der Waals surface area contributed by atoms with Crippen LogP contribution < -0.4 is 0 Å². The van der Waals surface area contributed by atoms with Crippen molar-refractivity contribution in [1.29, 1.82) is 0 Å². The molecule has 1 aliphatic rings. The van der Waals surface area contributed by atoms with E-state index in [4.69, 9.17) is 4.74 Å². The molecule has 1 unspecified atom stereocenters. The number of nitrogens with zero attached hydrogens (tertiary/aromatic N) is 2. The van der Waals surface area contributed by atoms with E-state index >= 15 is 0 Å². The van der Waals surface area contributed by atoms with Crippen molar-refractivity contribution in [2.75, 3.05) is 32.8 Å². The van der Waals surface area contributed by atoms with Gasteiger partial charge >= 0.3 is 6.09 Å². The summed E-state index contributed by atoms with van der Waals surface area (Å²) >= 11 is 0. The molecular weight excluding hydrogens is 244 g/mol. The molecule has 0 N–H and O–H groups in total. The molecule has 1 fully saturated rings. The lowest BCUT2D eigenvalue weighted by molar-refractivity contribution is -0.124. The summed E-state index contributed by atoms with van der Waals surface area (Å²) in [4.78, 5) is 27.3. The normalized spacial score (nSPS) is 18.2. The van der Waals surface area contributed by atoms with Gasteiger partial charge in [-0.2, -0.15) is 0 Å². The van der Waals surface area contributed by atoms with Gasteiger partial charge in [-0.05, 0) is 13.3 Å². The first-order chi connectivity index (χ1) is 9.10. The molecule has 0 bridgehead atoms. The monoisotopic (exact) mass is 270 g/mol. The fourth-order valence-electron chi connectivity index (χ4n) is 2.19. The van der Waals surface area contributed by atoms with Crippen LogP contribution in [-0.2, 0) is 9.53 Å². The van der Waals surface area contributed by atoms with Crippen LogP contribution in [0.2, 0.25) is 0 Å². The number of amides is 1. The standard InChI is InChI=1S/C14H26N2O3/c1-4-6-11-19-14(18)16-9-7-15(8-10-16)12(3)13(17)5-2/h12H,4-11H2,1-3H3. The Morgan fingerprint density at radius 2 is 1.79 bits per heavy atom. The topological polar surface area (TPSA) is 49.9 Å². The van der Waals surface area contributed by atoms with Crippen molar-refractivity contribution in [1.82, 2.24) is 9.80 Å². The Morgan fingerprint density at radius 3 is 2.32 bits per heavy atom. The molecule has 1 aliphatic heterocycles. The Morgan fingerprint density at radius 1 is 1.16 bits per heavy atom. The van der Waals surface area contributed by atoms with Crippen molar-refractivity contribution in [2.24, 2.45) is 0 Å². The molecule has 1 amide bonds. The molecule has 0 radical (unpaired) electrons. The van der Waals surface area contributed by atoms with Gasteiger partial charge in [-0.15, -0.1) is 0 Å². The Hall–Kier alpha value is -1.10. The van der Waals surface area contributed by atoms with E-state index in [0.717, 1.165) is 25.9 Å². The summed E-state index contributed by atoms with van der Waals surface area (Å²) in [5.74, 6) is 0.263. The highest BCUT2D eigenvalue weighted by Crippen LogP contribution is 2.09. The van der Waals surface area contributed by atoms with E-state index in [-0.39, 0.29) is 17.9 Å². The smallest absolute Gasteiger partial charge is 0.409 e. The molecule has 1 atom stereocenters. The van der Waals surface area contributed by atoms with Crippen LogP contribution >= 0.6 is 0 Å². The second kappa shape index (κ2) is 8.15. The molecule has 0 aromatic rings. The van der Waals surface area contributed by atoms with Gasteiger partial charge in [0.15, 0.2) is 0 Å². The molecule has 19 heavy (non-hydrogen) atoms. The molecule has 0 spiro atoms. The molecule has 1 heterocycles. The van der Waals surface area contributed by atoms with E-state index in [2.05, 4.69) is 11.8 Å². The van der Waals surface area contributed by atoms with Gasteiger partial charge in [-0.1, -0.05) is 20.3 Å². The van der Waals surface area contributed by atoms with E-state index in [1.165, 1.54) is 0 Å². The van der Waals surface area contributed by atoms with E-state index in [9.17, 15) is 9.59 Å². The van der Waals surface area contributed by atoms with Crippen molar-refractivity contribution in [3.05, 3.63) is 0 Å². The highest BCUT2D eigenvalue weighted by Gasteiger charge is 2.27. The van der Waals surface area contributed by atoms with Gasteiger partial charge in [0, 0.05) is 32.6 Å². The zero-order valence-electron chi connectivity index (χ0n) is 12.4. The number of piperazine rings is 1. The van der Waals surface area contributed by atoms with Crippen molar-refractivity contribution in [2.45, 2.75) is 46.1 Å². The quantitative estimate of drug-likeness (QED) is 0.692. The van der Waals surface area contributed by atoms with Gasteiger partial charge in [0.1, 0.15) is 5.78 Å². The van der Waals surface area contributed by atoms with Crippen LogP contribution in [0, 0.1) is 0 Å². The zero-order chi connectivity index (χ0) is 14.3. The molecule has 0 aromatic heterocycles. The predicted molar refractivity (Wildman–Crippen MR) is 74.2 cm³/mol. The van der Waals surface area contributed by atoms with Crippen molar-refractivity contribution in [3.63, 3.8) is 0 Å². The lowest BCUT2D eigenvalue weighted by atomic mass is 10.1. The highest BCUT2D eigenvalue weighted by atomic mass is 16.6. The first-order valence-electron chi connectivity index (χ1n) is 7.28. The van der Waals surface area contributed by atoms with Crippen molar-refractivity contribution >= 4 is 11.9 Å². The van der Waals surface area contributed by atoms with Crippen LogP contribution in [0.5, 0.6) is 0 Å². The molecule has 110 valence electrons. The lowest BCUT2D eigenvalue weighted by Crippen LogP contribution is -2.53. The number of hydrogen-bond acceptors (Lipinski definition) is 4. The lowest BCUT2D eigenvalue weighted by Gasteiger charge is -2.36. The van der Waals surface area contributed by atoms with Crippen LogP contribution in [0.4, 0.5) is 4.79 Å². The van der Waals surface area contributed by atoms with Gasteiger partial charge in [-0.3, -0.25) is 9.69 Å². The fraction of sp³-hybridized carbons (Fsp3) is 0.857. The third kappa shape index (κ3) is 4.82. The molecule has 0 aromatic carbocycles. The first kappa shape index (κ1) is 16.0. The molecular formula is C14H26N2O3. The molecule has 0 aliphatic carbocycles. The van der Waals surface area contributed by atoms with E-state index in [0.29, 0.717) is 26.1 Å². The molecule has 5 heteroatoms. The molecule has 1 rings (SSSR count). The summed E-state index contributed by atoms with van der Waals surface area (Å²) in [5, 5.41) is 0. The molecule has 0 saturated carbocycles. The average Bonchev–Trinajstić information content (AvgIpc) is 2.46. The summed E-state index contributed by atoms with van der Waals surface area (Å²) in [6.07, 6.45) is 2.29. The second-order valence-corrected chi connectivity index (χ2v) is 4.99. The molecule has 1 saturated heterocycles. The summed E-state index contributed by atoms with van der Waals surface area (Å²) in [6, 6.07) is -0.0386. The minimum absolute atomic E-state index is 0.0386. The molecule has 5 nitrogen and oxygen atoms in total. The highest BCUT2D eigenvalue weighted by molar-refractivity contribution is 5.83. The van der Waals surface area contributed by atoms with Crippen LogP contribution in [0.15, 0.2) is 0 Å². The summed E-state index contributed by atoms with van der Waals surface area (Å²) in [7, 11) is 0. The number of carbonyl (C=O) groups is 2. The van der Waals surface area contributed by atoms with Gasteiger partial charge < -0.3 is 9.64 Å². The Balaban J connectivity index is 2.32. The Kier molecular flexibility index (Phi) is 6.84. The van der Waals surface area contributed by atoms with Crippen molar-refractivity contribution < 1.29 is 14.3 Å². The summed E-state index contributed by atoms with van der Waals surface area (Å²) in [6.45, 7) is 9.18. The minimum Gasteiger partial charge on any atom is -0.449 e. The number of Topliss-reactive ketones (excluding diaryl/α,β-unsaturated/α-hetero) is 1. The number of unbranched alkanes of at least 4 members (excludes halogenated alkanes) is 1. The van der Waals surface area contributed by atoms with Gasteiger partial charge in [0.25, 0.3) is 0 Å². The number of hydrogen-bond donors (Lipinski definition) is 0. The predicted octanol–water partition coefficient (Wildman–Crippen LogP) is 1.91. The third-order valence-electron chi connectivity index (χ3n) is 3.66. The Labute approximate surface area is 115 Å². The SMILES string of the molecule is CCCCOC(=O)N1CCN(C(C)C(=O)CC)CC1. The maximum absolute atomic E-state index is 11.8. The van der Waals surface area contributed by atoms with Crippen LogP contribution in [0.3, 0.4) is 0 Å². The van der Waals surface area contributed by atoms with Crippen LogP contribution in [0.25, 0.3) is 0 Å². The number of ether oxygens (including phenoxy) is 1. The van der Waals surface area contributed by atoms with Gasteiger partial charge in [-0.25, -0.2) is 4.79 Å². The first-order valence-corrected chi connectivity index (χ1v) is 7.28. The largest absolute Gasteiger partial charge is 0.449 e. The summed E-state index contributed by atoms with van der Waals surface area (Å²) in [5.41, 5.74) is 0. The second-order valence-electron chi connectivity index (χ2n) is 4.99. The van der Waals surface area contributed by atoms with Gasteiger partial charge in [0.2, 0.25) is 0 Å². The van der Waals surface area contributed by atoms with E-state index in [1.807, 2.05) is 13.8 Å². The van der Waals surface area contributed by atoms with E-state index in [1.54, 1.807) is 4.90 Å². The minimum atomic E-state index is -0.220. The number of carbonyl (C=O) groups excluding carboxylic acids is 2. The van der Waals surface area contributed by atoms with Crippen LogP contribution in [0.1, 0.15) is 40.0 Å². The fourth-order valence-corrected chi connectivity index (χ4v) is 2.19. The third-order valence-corrected chi connectivity index (χ3v) is 3.66. The van der Waals surface area contributed by atoms with Crippen LogP contribution in [-0.4, -0.2) is 60.5 Å². The number of ketones is 1. The average molecular weight is 270 g/mol. The van der Waals surface area contributed by atoms with Gasteiger partial charge in [0.05, 0.1) is 12.6 Å². The maximum Gasteiger partial charge on any atom is 0.409 e. The van der Waals surface area contributed by atoms with Crippen molar-refractivity contribution in [3.8, 4) is 0 Å². The number of rotatable bonds is 6. The zero-order valence-corrected chi connectivity index (χ0v) is 12.4.